The van der Waals surface area contributed by atoms with E-state index in [9.17, 15) is 14.1 Å². The highest BCUT2D eigenvalue weighted by Gasteiger charge is 2.29. The van der Waals surface area contributed by atoms with Crippen LogP contribution in [-0.2, 0) is 11.2 Å². The number of carbonyl (C=O) groups is 2. The number of nitrogens with two attached hydrogens (primary N) is 1. The van der Waals surface area contributed by atoms with Crippen LogP contribution in [0.5, 0.6) is 0 Å². The molecular weight excluding hydrogens is 442 g/mol. The summed E-state index contributed by atoms with van der Waals surface area (Å²) in [5.74, 6) is -0.896. The Kier molecular flexibility index (Phi) is 8.49. The maximum atomic E-state index is 12.6. The van der Waals surface area contributed by atoms with Gasteiger partial charge in [-0.15, -0.1) is 0 Å². The Balaban J connectivity index is 0.000000215. The third-order valence-corrected chi connectivity index (χ3v) is 7.18. The molecule has 0 bridgehead atoms. The number of rotatable bonds is 6. The monoisotopic (exact) mass is 471 g/mol. The summed E-state index contributed by atoms with van der Waals surface area (Å²) in [4.78, 5) is 28.6. The molecule has 1 aromatic carbocycles. The molecule has 1 atom stereocenters. The van der Waals surface area contributed by atoms with Crippen molar-refractivity contribution in [1.29, 1.82) is 0 Å². The number of benzene rings is 1. The third kappa shape index (κ3) is 6.80. The molecule has 0 radical (unpaired) electrons. The van der Waals surface area contributed by atoms with Crippen molar-refractivity contribution in [2.45, 2.75) is 36.8 Å². The number of furan rings is 1. The summed E-state index contributed by atoms with van der Waals surface area (Å²) in [5, 5.41) is 9.54. The van der Waals surface area contributed by atoms with Crippen LogP contribution in [0, 0.1) is 5.92 Å². The first-order chi connectivity index (χ1) is 15.7. The van der Waals surface area contributed by atoms with E-state index in [2.05, 4.69) is 23.7 Å². The molecule has 1 amide bonds. The highest BCUT2D eigenvalue weighted by atomic mass is 32.2. The van der Waals surface area contributed by atoms with E-state index in [-0.39, 0.29) is 11.0 Å². The molecule has 0 aliphatic carbocycles. The first-order valence-corrected chi connectivity index (χ1v) is 12.1. The zero-order chi connectivity index (χ0) is 24.0. The molecule has 3 heterocycles. The van der Waals surface area contributed by atoms with Gasteiger partial charge in [-0.3, -0.25) is 9.78 Å². The Morgan fingerprint density at radius 3 is 2.45 bits per heavy atom. The molecule has 0 spiro atoms. The number of aromatic carboxylic acids is 1. The summed E-state index contributed by atoms with van der Waals surface area (Å²) in [6.07, 6.45) is 5.01. The van der Waals surface area contributed by atoms with Gasteiger partial charge in [-0.1, -0.05) is 13.8 Å². The number of hydrogen-bond acceptors (Lipinski definition) is 6. The van der Waals surface area contributed by atoms with Crippen molar-refractivity contribution in [3.05, 3.63) is 60.1 Å². The number of aromatic nitrogens is 1. The average Bonchev–Trinajstić information content (AvgIpc) is 3.24. The number of carboxylic acid groups (broad SMARTS) is 1. The molecule has 1 aliphatic heterocycles. The second kappa shape index (κ2) is 11.3. The highest BCUT2D eigenvalue weighted by molar-refractivity contribution is 7.92. The number of pyridine rings is 1. The molecule has 176 valence electrons. The fourth-order valence-corrected chi connectivity index (χ4v) is 5.19. The predicted molar refractivity (Wildman–Crippen MR) is 127 cm³/mol. The molecule has 2 aromatic heterocycles. The second-order valence-corrected chi connectivity index (χ2v) is 10.1. The van der Waals surface area contributed by atoms with Crippen molar-refractivity contribution in [3.8, 4) is 0 Å². The molecule has 1 unspecified atom stereocenters. The van der Waals surface area contributed by atoms with Gasteiger partial charge in [0, 0.05) is 49.6 Å². The molecule has 4 rings (SSSR count). The quantitative estimate of drug-likeness (QED) is 0.525. The van der Waals surface area contributed by atoms with Crippen molar-refractivity contribution in [2.75, 3.05) is 19.6 Å². The molecule has 9 heteroatoms. The van der Waals surface area contributed by atoms with E-state index in [0.29, 0.717) is 17.1 Å². The van der Waals surface area contributed by atoms with E-state index in [0.717, 1.165) is 42.8 Å². The zero-order valence-electron chi connectivity index (χ0n) is 18.8. The number of carboxylic acids is 1. The standard InChI is InChI=1S/C16H24N2O2S.C8H5NO3/c1-12(2)11-18-9-7-15(8-10-18)21(20)14-5-3-13(4-6-14)16(17)19;10-8(11)6-3-5-1-2-9-4-7(5)12-6/h3-6,12,15H,7-11H2,1-2H3,(H2,17,19);1-4H,(H,10,11). The van der Waals surface area contributed by atoms with Gasteiger partial charge in [0.1, 0.15) is 5.25 Å². The van der Waals surface area contributed by atoms with Gasteiger partial charge in [-0.2, -0.15) is 0 Å². The predicted octanol–water partition coefficient (Wildman–Crippen LogP) is 3.54. The number of likely N-dealkylation sites (tertiary alicyclic amines) is 1. The summed E-state index contributed by atoms with van der Waals surface area (Å²) in [5.41, 5.74) is 6.17. The molecule has 1 saturated heterocycles. The summed E-state index contributed by atoms with van der Waals surface area (Å²) >= 11 is -0.998. The molecule has 33 heavy (non-hydrogen) atoms. The average molecular weight is 472 g/mol. The zero-order valence-corrected chi connectivity index (χ0v) is 19.6. The van der Waals surface area contributed by atoms with Crippen molar-refractivity contribution >= 4 is 34.0 Å². The van der Waals surface area contributed by atoms with Crippen molar-refractivity contribution in [2.24, 2.45) is 11.7 Å². The normalized spacial score (nSPS) is 15.8. The lowest BCUT2D eigenvalue weighted by molar-refractivity contribution is 0.0664. The van der Waals surface area contributed by atoms with E-state index in [4.69, 9.17) is 15.3 Å². The minimum atomic E-state index is -1.06. The number of carbonyl (C=O) groups excluding carboxylic acids is 1. The van der Waals surface area contributed by atoms with Crippen molar-refractivity contribution in [1.82, 2.24) is 9.88 Å². The highest BCUT2D eigenvalue weighted by Crippen LogP contribution is 2.25. The van der Waals surface area contributed by atoms with Crippen LogP contribution in [0.2, 0.25) is 0 Å². The molecule has 3 aromatic rings. The molecule has 0 saturated carbocycles. The van der Waals surface area contributed by atoms with E-state index in [1.807, 2.05) is 0 Å². The van der Waals surface area contributed by atoms with Crippen LogP contribution in [0.4, 0.5) is 0 Å². The van der Waals surface area contributed by atoms with E-state index < -0.39 is 23.1 Å². The Morgan fingerprint density at radius 2 is 1.91 bits per heavy atom. The lowest BCUT2D eigenvalue weighted by Crippen LogP contribution is -2.40. The van der Waals surface area contributed by atoms with E-state index in [1.165, 1.54) is 12.3 Å². The van der Waals surface area contributed by atoms with Crippen molar-refractivity contribution in [3.63, 3.8) is 0 Å². The number of primary amides is 1. The topological polar surface area (TPSA) is 133 Å². The summed E-state index contributed by atoms with van der Waals surface area (Å²) in [7, 11) is 0. The Bertz CT molecular complexity index is 1040. The van der Waals surface area contributed by atoms with E-state index >= 15 is 0 Å². The lowest BCUT2D eigenvalue weighted by Gasteiger charge is -2.33. The molecular formula is C24H29N3O5S. The van der Waals surface area contributed by atoms with Gasteiger partial charge in [0.05, 0.1) is 6.20 Å². The van der Waals surface area contributed by atoms with Gasteiger partial charge >= 0.3 is 5.97 Å². The number of piperidine rings is 1. The van der Waals surface area contributed by atoms with Gasteiger partial charge in [0.15, 0.2) is 10.5 Å². The van der Waals surface area contributed by atoms with Gasteiger partial charge in [0.2, 0.25) is 11.7 Å². The van der Waals surface area contributed by atoms with Crippen LogP contribution in [0.15, 0.2) is 58.1 Å². The number of fused-ring (bicyclic) bond motifs is 1. The SMILES string of the molecule is CC(C)CN1CCC([S+]([O-])c2ccc(C(N)=O)cc2)CC1.O=C(O)c1cc2ccncc2o1. The van der Waals surface area contributed by atoms with Gasteiger partial charge in [-0.25, -0.2) is 4.79 Å². The summed E-state index contributed by atoms with van der Waals surface area (Å²) in [6.45, 7) is 7.61. The lowest BCUT2D eigenvalue weighted by atomic mass is 10.1. The van der Waals surface area contributed by atoms with Crippen LogP contribution >= 0.6 is 0 Å². The van der Waals surface area contributed by atoms with Crippen LogP contribution in [0.3, 0.4) is 0 Å². The number of amides is 1. The Morgan fingerprint density at radius 1 is 1.24 bits per heavy atom. The maximum Gasteiger partial charge on any atom is 0.371 e. The molecule has 3 N–H and O–H groups in total. The molecule has 8 nitrogen and oxygen atoms in total. The first-order valence-electron chi connectivity index (χ1n) is 10.8. The van der Waals surface area contributed by atoms with Gasteiger partial charge in [-0.05, 0) is 53.5 Å². The van der Waals surface area contributed by atoms with Gasteiger partial charge < -0.3 is 24.7 Å². The molecule has 1 aliphatic rings. The van der Waals surface area contributed by atoms with Crippen LogP contribution < -0.4 is 5.73 Å². The number of hydrogen-bond donors (Lipinski definition) is 2. The van der Waals surface area contributed by atoms with Crippen LogP contribution in [-0.4, -0.2) is 56.3 Å². The Hall–Kier alpha value is -2.88. The summed E-state index contributed by atoms with van der Waals surface area (Å²) < 4.78 is 17.6. The fourth-order valence-electron chi connectivity index (χ4n) is 3.76. The van der Waals surface area contributed by atoms with Crippen LogP contribution in [0.1, 0.15) is 47.6 Å². The minimum absolute atomic E-state index is 0.0574. The fraction of sp³-hybridized carbons (Fsp3) is 0.375. The molecule has 1 fully saturated rings. The summed E-state index contributed by atoms with van der Waals surface area (Å²) in [6, 6.07) is 10.0. The maximum absolute atomic E-state index is 12.6. The smallest absolute Gasteiger partial charge is 0.371 e. The third-order valence-electron chi connectivity index (χ3n) is 5.37. The second-order valence-electron chi connectivity index (χ2n) is 8.41. The minimum Gasteiger partial charge on any atom is -0.611 e. The Labute approximate surface area is 196 Å². The largest absolute Gasteiger partial charge is 0.611 e. The van der Waals surface area contributed by atoms with E-state index in [1.54, 1.807) is 36.5 Å². The number of nitrogens with zero attached hydrogens (tertiary/aromatic N) is 2. The van der Waals surface area contributed by atoms with Crippen molar-refractivity contribution < 1.29 is 23.7 Å². The van der Waals surface area contributed by atoms with Gasteiger partial charge in [0.25, 0.3) is 0 Å². The first kappa shape index (κ1) is 24.8. The van der Waals surface area contributed by atoms with Crippen LogP contribution in [0.25, 0.3) is 11.0 Å².